The number of imidazole rings is 1. The molecule has 10 heteroatoms. The van der Waals surface area contributed by atoms with Gasteiger partial charge < -0.3 is 19.9 Å². The second-order valence-corrected chi connectivity index (χ2v) is 8.95. The molecule has 39 heavy (non-hydrogen) atoms. The third-order valence-electron chi connectivity index (χ3n) is 6.21. The Bertz CT molecular complexity index is 1850. The van der Waals surface area contributed by atoms with Crippen molar-refractivity contribution in [2.75, 3.05) is 10.6 Å². The Labute approximate surface area is 223 Å². The fourth-order valence-corrected chi connectivity index (χ4v) is 4.17. The summed E-state index contributed by atoms with van der Waals surface area (Å²) in [6.07, 6.45) is 11.9. The number of ether oxygens (including phenoxy) is 1. The monoisotopic (exact) mass is 516 g/mol. The number of carbonyl (C=O) groups is 1. The van der Waals surface area contributed by atoms with Gasteiger partial charge in [-0.2, -0.15) is 0 Å². The number of nitrogens with one attached hydrogen (secondary N) is 2. The maximum atomic E-state index is 12.5. The summed E-state index contributed by atoms with van der Waals surface area (Å²) in [4.78, 5) is 29.9. The number of amides is 1. The van der Waals surface area contributed by atoms with E-state index in [1.807, 2.05) is 83.9 Å². The van der Waals surface area contributed by atoms with Crippen LogP contribution >= 0.6 is 0 Å². The molecular formula is C29H24N8O2. The highest BCUT2D eigenvalue weighted by molar-refractivity contribution is 6.03. The molecular weight excluding hydrogens is 492 g/mol. The lowest BCUT2D eigenvalue weighted by atomic mass is 10.1. The summed E-state index contributed by atoms with van der Waals surface area (Å²) in [7, 11) is 1.93. The molecule has 0 aliphatic heterocycles. The lowest BCUT2D eigenvalue weighted by Gasteiger charge is -2.13. The number of fused-ring (bicyclic) bond motifs is 2. The zero-order chi connectivity index (χ0) is 26.8. The van der Waals surface area contributed by atoms with E-state index in [2.05, 4.69) is 30.6 Å². The fourth-order valence-electron chi connectivity index (χ4n) is 4.17. The second kappa shape index (κ2) is 10.1. The van der Waals surface area contributed by atoms with E-state index in [-0.39, 0.29) is 5.91 Å². The highest BCUT2D eigenvalue weighted by atomic mass is 16.5. The maximum absolute atomic E-state index is 12.5. The van der Waals surface area contributed by atoms with Crippen LogP contribution in [0.3, 0.4) is 0 Å². The van der Waals surface area contributed by atoms with Crippen LogP contribution < -0.4 is 15.4 Å². The molecule has 10 nitrogen and oxygen atoms in total. The van der Waals surface area contributed by atoms with Gasteiger partial charge in [0.15, 0.2) is 0 Å². The lowest BCUT2D eigenvalue weighted by Crippen LogP contribution is -2.08. The number of carbonyl (C=O) groups excluding carboxylic acids is 1. The van der Waals surface area contributed by atoms with Crippen molar-refractivity contribution in [3.8, 4) is 11.6 Å². The number of aromatic nitrogens is 6. The summed E-state index contributed by atoms with van der Waals surface area (Å²) in [6.45, 7) is 1.96. The Morgan fingerprint density at radius 1 is 0.974 bits per heavy atom. The molecule has 0 atom stereocenters. The number of benzene rings is 2. The number of hydrogen-bond donors (Lipinski definition) is 2. The molecule has 192 valence electrons. The van der Waals surface area contributed by atoms with Crippen LogP contribution in [0.1, 0.15) is 11.3 Å². The van der Waals surface area contributed by atoms with Crippen LogP contribution in [0.5, 0.6) is 11.6 Å². The second-order valence-electron chi connectivity index (χ2n) is 8.95. The quantitative estimate of drug-likeness (QED) is 0.269. The van der Waals surface area contributed by atoms with Crippen molar-refractivity contribution in [3.63, 3.8) is 0 Å². The first-order valence-corrected chi connectivity index (χ1v) is 12.2. The van der Waals surface area contributed by atoms with Crippen LogP contribution in [-0.2, 0) is 11.8 Å². The van der Waals surface area contributed by atoms with E-state index in [9.17, 15) is 4.79 Å². The molecule has 0 radical (unpaired) electrons. The highest BCUT2D eigenvalue weighted by Gasteiger charge is 2.10. The SMILES string of the molecule is Cc1cc(Nc2ncnc3ccc(NC(=O)/C=C/c4cccn4C)cc23)ccc1Oc1cc2nccn2cn1. The van der Waals surface area contributed by atoms with Crippen molar-refractivity contribution in [2.45, 2.75) is 6.92 Å². The number of hydrogen-bond acceptors (Lipinski definition) is 7. The van der Waals surface area contributed by atoms with Crippen molar-refractivity contribution in [3.05, 3.63) is 103 Å². The Morgan fingerprint density at radius 3 is 2.72 bits per heavy atom. The molecule has 0 bridgehead atoms. The van der Waals surface area contributed by atoms with Crippen molar-refractivity contribution >= 4 is 45.7 Å². The van der Waals surface area contributed by atoms with E-state index in [1.54, 1.807) is 24.7 Å². The zero-order valence-corrected chi connectivity index (χ0v) is 21.2. The van der Waals surface area contributed by atoms with Crippen molar-refractivity contribution in [1.82, 2.24) is 28.9 Å². The van der Waals surface area contributed by atoms with Gasteiger partial charge in [-0.05, 0) is 67.1 Å². The van der Waals surface area contributed by atoms with Gasteiger partial charge in [0.2, 0.25) is 11.8 Å². The number of rotatable bonds is 7. The lowest BCUT2D eigenvalue weighted by molar-refractivity contribution is -0.111. The first kappa shape index (κ1) is 23.9. The standard InChI is InChI=1S/C29H24N8O2/c1-19-14-20(6-9-25(19)39-28-16-26-30-11-13-37(26)18-33-28)35-29-23-15-21(5-8-24(23)31-17-32-29)34-27(38)10-7-22-4-3-12-36(22)2/h3-18H,1-2H3,(H,34,38)(H,31,32,35)/b10-7+. The summed E-state index contributed by atoms with van der Waals surface area (Å²) in [6, 6.07) is 16.9. The van der Waals surface area contributed by atoms with Gasteiger partial charge in [0.1, 0.15) is 29.9 Å². The zero-order valence-electron chi connectivity index (χ0n) is 21.2. The largest absolute Gasteiger partial charge is 0.439 e. The van der Waals surface area contributed by atoms with E-state index in [0.29, 0.717) is 23.1 Å². The van der Waals surface area contributed by atoms with Crippen LogP contribution in [0.4, 0.5) is 17.2 Å². The van der Waals surface area contributed by atoms with Gasteiger partial charge in [-0.25, -0.2) is 19.9 Å². The Balaban J connectivity index is 1.19. The summed E-state index contributed by atoms with van der Waals surface area (Å²) >= 11 is 0. The molecule has 6 rings (SSSR count). The molecule has 2 N–H and O–H groups in total. The first-order valence-electron chi connectivity index (χ1n) is 12.2. The average molecular weight is 517 g/mol. The predicted molar refractivity (Wildman–Crippen MR) is 150 cm³/mol. The molecule has 4 heterocycles. The smallest absolute Gasteiger partial charge is 0.248 e. The molecule has 0 unspecified atom stereocenters. The molecule has 4 aromatic heterocycles. The molecule has 0 spiro atoms. The number of anilines is 3. The summed E-state index contributed by atoms with van der Waals surface area (Å²) in [5.41, 5.74) is 4.84. The van der Waals surface area contributed by atoms with E-state index in [1.165, 1.54) is 12.4 Å². The van der Waals surface area contributed by atoms with E-state index in [0.717, 1.165) is 33.5 Å². The van der Waals surface area contributed by atoms with Crippen molar-refractivity contribution in [2.24, 2.45) is 7.05 Å². The normalized spacial score (nSPS) is 11.3. The van der Waals surface area contributed by atoms with Crippen molar-refractivity contribution in [1.29, 1.82) is 0 Å². The van der Waals surface area contributed by atoms with Gasteiger partial charge in [-0.3, -0.25) is 9.20 Å². The predicted octanol–water partition coefficient (Wildman–Crippen LogP) is 5.51. The molecule has 6 aromatic rings. The number of aryl methyl sites for hydroxylation is 2. The third kappa shape index (κ3) is 5.16. The van der Waals surface area contributed by atoms with Crippen LogP contribution in [0.25, 0.3) is 22.6 Å². The molecule has 1 amide bonds. The van der Waals surface area contributed by atoms with Crippen molar-refractivity contribution < 1.29 is 9.53 Å². The van der Waals surface area contributed by atoms with Crippen LogP contribution in [0.2, 0.25) is 0 Å². The topological polar surface area (TPSA) is 111 Å². The van der Waals surface area contributed by atoms with Gasteiger partial charge in [-0.1, -0.05) is 0 Å². The molecule has 0 fully saturated rings. The van der Waals surface area contributed by atoms with E-state index in [4.69, 9.17) is 4.74 Å². The maximum Gasteiger partial charge on any atom is 0.248 e. The first-order chi connectivity index (χ1) is 19.0. The Morgan fingerprint density at radius 2 is 1.87 bits per heavy atom. The van der Waals surface area contributed by atoms with Gasteiger partial charge in [0, 0.05) is 60.2 Å². The summed E-state index contributed by atoms with van der Waals surface area (Å²) in [5.74, 6) is 1.54. The minimum atomic E-state index is -0.227. The molecule has 0 aliphatic carbocycles. The average Bonchev–Trinajstić information content (AvgIpc) is 3.57. The van der Waals surface area contributed by atoms with Crippen LogP contribution in [0, 0.1) is 6.92 Å². The molecule has 0 saturated heterocycles. The Kier molecular flexibility index (Phi) is 6.18. The highest BCUT2D eigenvalue weighted by Crippen LogP contribution is 2.30. The third-order valence-corrected chi connectivity index (χ3v) is 6.21. The minimum Gasteiger partial charge on any atom is -0.439 e. The molecule has 2 aromatic carbocycles. The van der Waals surface area contributed by atoms with Crippen LogP contribution in [-0.4, -0.2) is 34.8 Å². The van der Waals surface area contributed by atoms with Gasteiger partial charge in [0.05, 0.1) is 5.52 Å². The van der Waals surface area contributed by atoms with Crippen LogP contribution in [0.15, 0.2) is 91.9 Å². The van der Waals surface area contributed by atoms with E-state index >= 15 is 0 Å². The Hall–Kier alpha value is -5.51. The van der Waals surface area contributed by atoms with Gasteiger partial charge in [0.25, 0.3) is 0 Å². The van der Waals surface area contributed by atoms with E-state index < -0.39 is 0 Å². The number of nitrogens with zero attached hydrogens (tertiary/aromatic N) is 6. The summed E-state index contributed by atoms with van der Waals surface area (Å²) < 4.78 is 9.75. The molecule has 0 saturated carbocycles. The van der Waals surface area contributed by atoms with Gasteiger partial charge in [-0.15, -0.1) is 0 Å². The minimum absolute atomic E-state index is 0.227. The summed E-state index contributed by atoms with van der Waals surface area (Å²) in [5, 5.41) is 7.05. The van der Waals surface area contributed by atoms with Gasteiger partial charge >= 0.3 is 0 Å². The fraction of sp³-hybridized carbons (Fsp3) is 0.0690. The molecule has 0 aliphatic rings.